The lowest BCUT2D eigenvalue weighted by molar-refractivity contribution is -0.119. The molecule has 0 spiro atoms. The molecule has 130 valence electrons. The van der Waals surface area contributed by atoms with Gasteiger partial charge in [0, 0.05) is 12.1 Å². The monoisotopic (exact) mass is 340 g/mol. The van der Waals surface area contributed by atoms with E-state index in [0.29, 0.717) is 23.6 Å². The lowest BCUT2D eigenvalue weighted by Gasteiger charge is -2.28. The van der Waals surface area contributed by atoms with Crippen molar-refractivity contribution in [3.63, 3.8) is 0 Å². The lowest BCUT2D eigenvalue weighted by atomic mass is 10.0. The van der Waals surface area contributed by atoms with Gasteiger partial charge in [0.15, 0.2) is 11.5 Å². The summed E-state index contributed by atoms with van der Waals surface area (Å²) in [5.74, 6) is 0.555. The number of hydrogen-bond acceptors (Lipinski definition) is 4. The summed E-state index contributed by atoms with van der Waals surface area (Å²) in [7, 11) is 3.10. The van der Waals surface area contributed by atoms with Gasteiger partial charge >= 0.3 is 0 Å². The van der Waals surface area contributed by atoms with E-state index in [1.54, 1.807) is 37.3 Å². The average Bonchev–Trinajstić information content (AvgIpc) is 2.96. The molecule has 0 aliphatic carbocycles. The summed E-state index contributed by atoms with van der Waals surface area (Å²) in [6.45, 7) is 0.446. The Morgan fingerprint density at radius 1 is 1.16 bits per heavy atom. The predicted octanol–water partition coefficient (Wildman–Crippen LogP) is 2.28. The summed E-state index contributed by atoms with van der Waals surface area (Å²) in [6.07, 6.45) is 0.0369. The van der Waals surface area contributed by atoms with Gasteiger partial charge in [-0.3, -0.25) is 9.59 Å². The van der Waals surface area contributed by atoms with Crippen molar-refractivity contribution in [3.8, 4) is 11.5 Å². The first kappa shape index (κ1) is 16.8. The number of carbonyl (C=O) groups excluding carboxylic acids is 2. The topological polar surface area (TPSA) is 81.9 Å². The van der Waals surface area contributed by atoms with Crippen LogP contribution in [-0.4, -0.2) is 30.9 Å². The second-order valence-electron chi connectivity index (χ2n) is 5.89. The molecule has 0 fully saturated rings. The molecule has 1 atom stereocenters. The summed E-state index contributed by atoms with van der Waals surface area (Å²) < 4.78 is 10.6. The highest BCUT2D eigenvalue weighted by Crippen LogP contribution is 2.37. The molecule has 25 heavy (non-hydrogen) atoms. The summed E-state index contributed by atoms with van der Waals surface area (Å²) >= 11 is 0. The zero-order valence-electron chi connectivity index (χ0n) is 14.2. The number of ether oxygens (including phenoxy) is 2. The Balaban J connectivity index is 1.99. The van der Waals surface area contributed by atoms with E-state index in [9.17, 15) is 9.59 Å². The molecule has 2 aromatic rings. The van der Waals surface area contributed by atoms with Crippen LogP contribution in [0.4, 0.5) is 0 Å². The van der Waals surface area contributed by atoms with Crippen molar-refractivity contribution in [2.75, 3.05) is 14.2 Å². The van der Waals surface area contributed by atoms with Crippen molar-refractivity contribution >= 4 is 11.8 Å². The molecule has 0 unspecified atom stereocenters. The van der Waals surface area contributed by atoms with Gasteiger partial charge in [0.2, 0.25) is 5.91 Å². The fraction of sp³-hybridized carbons (Fsp3) is 0.263. The molecule has 1 heterocycles. The van der Waals surface area contributed by atoms with Crippen molar-refractivity contribution in [3.05, 3.63) is 59.2 Å². The molecule has 3 rings (SSSR count). The average molecular weight is 340 g/mol. The summed E-state index contributed by atoms with van der Waals surface area (Å²) in [5, 5.41) is 0. The first-order valence-corrected chi connectivity index (χ1v) is 7.94. The maximum atomic E-state index is 12.8. The normalized spacial score (nSPS) is 14.2. The lowest BCUT2D eigenvalue weighted by Crippen LogP contribution is -2.32. The number of nitrogens with two attached hydrogens (primary N) is 1. The number of primary amides is 1. The molecule has 6 heteroatoms. The zero-order chi connectivity index (χ0) is 18.0. The third-order valence-electron chi connectivity index (χ3n) is 4.41. The van der Waals surface area contributed by atoms with E-state index in [-0.39, 0.29) is 12.3 Å². The minimum Gasteiger partial charge on any atom is -0.493 e. The Morgan fingerprint density at radius 2 is 1.88 bits per heavy atom. The van der Waals surface area contributed by atoms with E-state index in [1.165, 1.54) is 0 Å². The first-order chi connectivity index (χ1) is 12.0. The van der Waals surface area contributed by atoms with Crippen molar-refractivity contribution in [1.82, 2.24) is 4.90 Å². The fourth-order valence-electron chi connectivity index (χ4n) is 3.19. The van der Waals surface area contributed by atoms with Crippen molar-refractivity contribution in [2.24, 2.45) is 5.73 Å². The van der Waals surface area contributed by atoms with E-state index in [2.05, 4.69) is 0 Å². The summed E-state index contributed by atoms with van der Waals surface area (Å²) in [4.78, 5) is 26.1. The number of rotatable bonds is 6. The second-order valence-corrected chi connectivity index (χ2v) is 5.89. The molecule has 0 aromatic heterocycles. The number of hydrogen-bond donors (Lipinski definition) is 1. The molecule has 0 saturated carbocycles. The Labute approximate surface area is 146 Å². The van der Waals surface area contributed by atoms with Crippen LogP contribution in [0, 0.1) is 0 Å². The molecular weight excluding hydrogens is 320 g/mol. The van der Waals surface area contributed by atoms with Gasteiger partial charge in [0.25, 0.3) is 5.91 Å². The van der Waals surface area contributed by atoms with Gasteiger partial charge in [-0.1, -0.05) is 24.3 Å². The first-order valence-electron chi connectivity index (χ1n) is 7.94. The second kappa shape index (κ2) is 6.84. The maximum Gasteiger partial charge on any atom is 0.255 e. The van der Waals surface area contributed by atoms with Crippen LogP contribution in [-0.2, 0) is 11.3 Å². The fourth-order valence-corrected chi connectivity index (χ4v) is 3.19. The van der Waals surface area contributed by atoms with E-state index in [4.69, 9.17) is 15.2 Å². The predicted molar refractivity (Wildman–Crippen MR) is 92.4 cm³/mol. The summed E-state index contributed by atoms with van der Waals surface area (Å²) in [5.41, 5.74) is 7.83. The zero-order valence-corrected chi connectivity index (χ0v) is 14.2. The number of nitrogens with zero attached hydrogens (tertiary/aromatic N) is 1. The minimum atomic E-state index is -0.469. The van der Waals surface area contributed by atoms with Crippen LogP contribution >= 0.6 is 0 Å². The molecule has 0 bridgehead atoms. The molecule has 0 radical (unpaired) electrons. The largest absolute Gasteiger partial charge is 0.493 e. The highest BCUT2D eigenvalue weighted by Gasteiger charge is 2.34. The van der Waals surface area contributed by atoms with E-state index in [1.807, 2.05) is 24.3 Å². The van der Waals surface area contributed by atoms with Gasteiger partial charge in [0.1, 0.15) is 0 Å². The van der Waals surface area contributed by atoms with E-state index in [0.717, 1.165) is 11.1 Å². The molecule has 0 saturated heterocycles. The summed E-state index contributed by atoms with van der Waals surface area (Å²) in [6, 6.07) is 12.4. The van der Waals surface area contributed by atoms with Gasteiger partial charge in [-0.2, -0.15) is 0 Å². The van der Waals surface area contributed by atoms with Crippen LogP contribution in [0.2, 0.25) is 0 Å². The van der Waals surface area contributed by atoms with Crippen LogP contribution < -0.4 is 15.2 Å². The van der Waals surface area contributed by atoms with Crippen molar-refractivity contribution < 1.29 is 19.1 Å². The van der Waals surface area contributed by atoms with E-state index < -0.39 is 11.9 Å². The molecule has 6 nitrogen and oxygen atoms in total. The number of fused-ring (bicyclic) bond motifs is 1. The van der Waals surface area contributed by atoms with Crippen LogP contribution in [0.3, 0.4) is 0 Å². The van der Waals surface area contributed by atoms with Crippen LogP contribution in [0.1, 0.15) is 33.9 Å². The van der Waals surface area contributed by atoms with Gasteiger partial charge in [-0.25, -0.2) is 0 Å². The third-order valence-corrected chi connectivity index (χ3v) is 4.41. The standard InChI is InChI=1S/C19H20N2O4/c1-24-16-8-7-12(9-17(16)25-2)15(10-18(20)22)21-11-13-5-3-4-6-14(13)19(21)23/h3-9,15H,10-11H2,1-2H3,(H2,20,22)/t15-/m0/s1. The Kier molecular flexibility index (Phi) is 4.61. The SMILES string of the molecule is COc1ccc([C@H](CC(N)=O)N2Cc3ccccc3C2=O)cc1OC. The number of benzene rings is 2. The number of amides is 2. The van der Waals surface area contributed by atoms with Crippen molar-refractivity contribution in [2.45, 2.75) is 19.0 Å². The third kappa shape index (κ3) is 3.15. The highest BCUT2D eigenvalue weighted by atomic mass is 16.5. The highest BCUT2D eigenvalue weighted by molar-refractivity contribution is 5.98. The van der Waals surface area contributed by atoms with Gasteiger partial charge in [0.05, 0.1) is 26.7 Å². The van der Waals surface area contributed by atoms with Crippen LogP contribution in [0.15, 0.2) is 42.5 Å². The molecular formula is C19H20N2O4. The molecule has 2 N–H and O–H groups in total. The van der Waals surface area contributed by atoms with E-state index >= 15 is 0 Å². The molecule has 2 aromatic carbocycles. The van der Waals surface area contributed by atoms with Crippen LogP contribution in [0.5, 0.6) is 11.5 Å². The van der Waals surface area contributed by atoms with Crippen LogP contribution in [0.25, 0.3) is 0 Å². The molecule has 1 aliphatic rings. The number of methoxy groups -OCH3 is 2. The molecule has 1 aliphatic heterocycles. The van der Waals surface area contributed by atoms with Gasteiger partial charge < -0.3 is 20.1 Å². The quantitative estimate of drug-likeness (QED) is 0.874. The minimum absolute atomic E-state index is 0.0369. The Hall–Kier alpha value is -3.02. The van der Waals surface area contributed by atoms with Crippen molar-refractivity contribution in [1.29, 1.82) is 0 Å². The number of carbonyl (C=O) groups is 2. The Bertz CT molecular complexity index is 819. The van der Waals surface area contributed by atoms with Gasteiger partial charge in [-0.15, -0.1) is 0 Å². The van der Waals surface area contributed by atoms with Gasteiger partial charge in [-0.05, 0) is 29.3 Å². The Morgan fingerprint density at radius 3 is 2.52 bits per heavy atom. The molecule has 2 amide bonds. The maximum absolute atomic E-state index is 12.8. The smallest absolute Gasteiger partial charge is 0.255 e.